The van der Waals surface area contributed by atoms with Gasteiger partial charge in [-0.2, -0.15) is 0 Å². The van der Waals surface area contributed by atoms with Gasteiger partial charge in [0, 0.05) is 23.9 Å². The van der Waals surface area contributed by atoms with Crippen LogP contribution in [0.4, 0.5) is 10.8 Å². The first-order valence-electron chi connectivity index (χ1n) is 9.05. The van der Waals surface area contributed by atoms with Crippen LogP contribution >= 0.6 is 23.1 Å². The number of nitrogens with zero attached hydrogens (tertiary/aromatic N) is 3. The lowest BCUT2D eigenvalue weighted by molar-refractivity contribution is -0.122. The third-order valence-electron chi connectivity index (χ3n) is 4.53. The summed E-state index contributed by atoms with van der Waals surface area (Å²) in [5, 5.41) is 11.9. The first-order chi connectivity index (χ1) is 12.9. The monoisotopic (exact) mass is 404 g/mol. The number of hydrogen-bond acceptors (Lipinski definition) is 6. The smallest absolute Gasteiger partial charge is 0.231 e. The molecule has 2 aromatic rings. The summed E-state index contributed by atoms with van der Waals surface area (Å²) in [5.41, 5.74) is 3.06. The van der Waals surface area contributed by atoms with Crippen molar-refractivity contribution >= 4 is 45.7 Å². The molecule has 1 N–H and O–H groups in total. The van der Waals surface area contributed by atoms with Gasteiger partial charge in [-0.15, -0.1) is 10.2 Å². The first-order valence-corrected chi connectivity index (χ1v) is 10.7. The van der Waals surface area contributed by atoms with Crippen molar-refractivity contribution in [2.45, 2.75) is 50.1 Å². The van der Waals surface area contributed by atoms with E-state index in [1.807, 2.05) is 26.0 Å². The molecule has 8 heteroatoms. The van der Waals surface area contributed by atoms with E-state index < -0.39 is 0 Å². The SMILES string of the molecule is CCC(C)Sc1nnc(NC(=O)C2CC(=O)N(c3cc(C)cc(C)c3)C2)s1. The van der Waals surface area contributed by atoms with Crippen LogP contribution in [0.2, 0.25) is 0 Å². The van der Waals surface area contributed by atoms with Crippen molar-refractivity contribution < 1.29 is 9.59 Å². The molecule has 0 saturated carbocycles. The van der Waals surface area contributed by atoms with Gasteiger partial charge in [-0.1, -0.05) is 43.0 Å². The molecule has 6 nitrogen and oxygen atoms in total. The van der Waals surface area contributed by atoms with Gasteiger partial charge in [-0.05, 0) is 43.5 Å². The molecule has 1 fully saturated rings. The number of anilines is 2. The van der Waals surface area contributed by atoms with Gasteiger partial charge in [-0.3, -0.25) is 9.59 Å². The van der Waals surface area contributed by atoms with Crippen LogP contribution in [0.15, 0.2) is 22.5 Å². The Hall–Kier alpha value is -1.93. The molecule has 1 aromatic carbocycles. The molecule has 2 heterocycles. The summed E-state index contributed by atoms with van der Waals surface area (Å²) in [6.45, 7) is 8.66. The number of thioether (sulfide) groups is 1. The topological polar surface area (TPSA) is 75.2 Å². The van der Waals surface area contributed by atoms with Crippen LogP contribution in [-0.2, 0) is 9.59 Å². The molecular weight excluding hydrogens is 380 g/mol. The zero-order valence-electron chi connectivity index (χ0n) is 16.0. The molecule has 0 aliphatic carbocycles. The molecule has 0 spiro atoms. The normalized spacial score (nSPS) is 18.0. The molecule has 27 heavy (non-hydrogen) atoms. The molecule has 1 aliphatic heterocycles. The van der Waals surface area contributed by atoms with Crippen LogP contribution in [-0.4, -0.2) is 33.8 Å². The van der Waals surface area contributed by atoms with Crippen LogP contribution in [0.25, 0.3) is 0 Å². The number of carbonyl (C=O) groups excluding carboxylic acids is 2. The second kappa shape index (κ2) is 8.39. The minimum absolute atomic E-state index is 0.0228. The average Bonchev–Trinajstić information content (AvgIpc) is 3.20. The van der Waals surface area contributed by atoms with E-state index in [9.17, 15) is 9.59 Å². The van der Waals surface area contributed by atoms with E-state index in [1.165, 1.54) is 11.3 Å². The maximum atomic E-state index is 12.6. The van der Waals surface area contributed by atoms with Crippen molar-refractivity contribution in [3.63, 3.8) is 0 Å². The number of carbonyl (C=O) groups is 2. The molecule has 2 atom stereocenters. The second-order valence-corrected chi connectivity index (χ2v) is 9.61. The molecule has 0 radical (unpaired) electrons. The standard InChI is InChI=1S/C19H24N4O2S2/c1-5-13(4)26-19-22-21-18(27-19)20-17(25)14-9-16(24)23(10-14)15-7-11(2)6-12(3)8-15/h6-8,13-14H,5,9-10H2,1-4H3,(H,20,21,25). The minimum atomic E-state index is -0.382. The van der Waals surface area contributed by atoms with Gasteiger partial charge in [0.05, 0.1) is 5.92 Å². The van der Waals surface area contributed by atoms with Crippen molar-refractivity contribution in [1.82, 2.24) is 10.2 Å². The van der Waals surface area contributed by atoms with Crippen LogP contribution < -0.4 is 10.2 Å². The number of aryl methyl sites for hydroxylation is 2. The molecule has 0 bridgehead atoms. The Morgan fingerprint density at radius 1 is 1.33 bits per heavy atom. The predicted molar refractivity (Wildman–Crippen MR) is 111 cm³/mol. The summed E-state index contributed by atoms with van der Waals surface area (Å²) in [4.78, 5) is 26.7. The quantitative estimate of drug-likeness (QED) is 0.581. The maximum absolute atomic E-state index is 12.6. The van der Waals surface area contributed by atoms with E-state index in [4.69, 9.17) is 0 Å². The molecule has 1 aliphatic rings. The highest BCUT2D eigenvalue weighted by molar-refractivity contribution is 8.01. The summed E-state index contributed by atoms with van der Waals surface area (Å²) in [6, 6.07) is 6.03. The highest BCUT2D eigenvalue weighted by atomic mass is 32.2. The Balaban J connectivity index is 1.64. The molecule has 144 valence electrons. The number of amides is 2. The lowest BCUT2D eigenvalue weighted by Gasteiger charge is -2.18. The molecule has 2 unspecified atom stereocenters. The number of hydrogen-bond donors (Lipinski definition) is 1. The minimum Gasteiger partial charge on any atom is -0.312 e. The van der Waals surface area contributed by atoms with E-state index in [2.05, 4.69) is 35.4 Å². The van der Waals surface area contributed by atoms with Gasteiger partial charge >= 0.3 is 0 Å². The maximum Gasteiger partial charge on any atom is 0.231 e. The van der Waals surface area contributed by atoms with Crippen LogP contribution in [0.1, 0.15) is 37.8 Å². The van der Waals surface area contributed by atoms with Crippen molar-refractivity contribution in [3.05, 3.63) is 29.3 Å². The molecule has 2 amide bonds. The zero-order chi connectivity index (χ0) is 19.6. The largest absolute Gasteiger partial charge is 0.312 e. The van der Waals surface area contributed by atoms with Gasteiger partial charge in [0.15, 0.2) is 4.34 Å². The number of rotatable bonds is 6. The van der Waals surface area contributed by atoms with E-state index in [1.54, 1.807) is 16.7 Å². The highest BCUT2D eigenvalue weighted by Gasteiger charge is 2.35. The third-order valence-corrected chi connectivity index (χ3v) is 6.72. The van der Waals surface area contributed by atoms with Crippen LogP contribution in [0.5, 0.6) is 0 Å². The fourth-order valence-corrected chi connectivity index (χ4v) is 5.01. The Kier molecular flexibility index (Phi) is 6.16. The van der Waals surface area contributed by atoms with Crippen molar-refractivity contribution in [3.8, 4) is 0 Å². The molecule has 1 aromatic heterocycles. The number of benzene rings is 1. The number of nitrogens with one attached hydrogen (secondary N) is 1. The third kappa shape index (κ3) is 4.87. The summed E-state index contributed by atoms with van der Waals surface area (Å²) < 4.78 is 0.846. The summed E-state index contributed by atoms with van der Waals surface area (Å²) in [5.74, 6) is -0.579. The van der Waals surface area contributed by atoms with Gasteiger partial charge < -0.3 is 10.2 Å². The van der Waals surface area contributed by atoms with Gasteiger partial charge in [0.1, 0.15) is 0 Å². The Bertz CT molecular complexity index is 832. The second-order valence-electron chi connectivity index (χ2n) is 6.95. The Labute approximate surface area is 167 Å². The predicted octanol–water partition coefficient (Wildman–Crippen LogP) is 4.04. The fourth-order valence-electron chi connectivity index (χ4n) is 3.01. The molecule has 3 rings (SSSR count). The zero-order valence-corrected chi connectivity index (χ0v) is 17.6. The van der Waals surface area contributed by atoms with Crippen molar-refractivity contribution in [1.29, 1.82) is 0 Å². The van der Waals surface area contributed by atoms with E-state index in [0.29, 0.717) is 16.9 Å². The summed E-state index contributed by atoms with van der Waals surface area (Å²) in [7, 11) is 0. The number of aromatic nitrogens is 2. The van der Waals surface area contributed by atoms with Gasteiger partial charge in [0.25, 0.3) is 0 Å². The van der Waals surface area contributed by atoms with E-state index >= 15 is 0 Å². The molecule has 1 saturated heterocycles. The van der Waals surface area contributed by atoms with Crippen LogP contribution in [0.3, 0.4) is 0 Å². The molecular formula is C19H24N4O2S2. The highest BCUT2D eigenvalue weighted by Crippen LogP contribution is 2.31. The average molecular weight is 405 g/mol. The Morgan fingerprint density at radius 2 is 2.04 bits per heavy atom. The van der Waals surface area contributed by atoms with Crippen molar-refractivity contribution in [2.75, 3.05) is 16.8 Å². The van der Waals surface area contributed by atoms with Gasteiger partial charge in [-0.25, -0.2) is 0 Å². The first kappa shape index (κ1) is 19.8. The van der Waals surface area contributed by atoms with Crippen LogP contribution in [0, 0.1) is 19.8 Å². The Morgan fingerprint density at radius 3 is 2.70 bits per heavy atom. The van der Waals surface area contributed by atoms with E-state index in [-0.39, 0.29) is 24.2 Å². The lowest BCUT2D eigenvalue weighted by Crippen LogP contribution is -2.28. The van der Waals surface area contributed by atoms with Crippen molar-refractivity contribution in [2.24, 2.45) is 5.92 Å². The fraction of sp³-hybridized carbons (Fsp3) is 0.474. The summed E-state index contributed by atoms with van der Waals surface area (Å²) >= 11 is 3.03. The van der Waals surface area contributed by atoms with E-state index in [0.717, 1.165) is 27.6 Å². The summed E-state index contributed by atoms with van der Waals surface area (Å²) in [6.07, 6.45) is 1.26. The van der Waals surface area contributed by atoms with Gasteiger partial charge in [0.2, 0.25) is 16.9 Å². The lowest BCUT2D eigenvalue weighted by atomic mass is 10.1.